The first kappa shape index (κ1) is 47.3. The van der Waals surface area contributed by atoms with E-state index in [9.17, 15) is 39.3 Å². The highest BCUT2D eigenvalue weighted by Gasteiger charge is 2.52. The van der Waals surface area contributed by atoms with Crippen LogP contribution in [-0.2, 0) is 23.8 Å². The van der Waals surface area contributed by atoms with Gasteiger partial charge < -0.3 is 39.6 Å². The summed E-state index contributed by atoms with van der Waals surface area (Å²) >= 11 is 0. The van der Waals surface area contributed by atoms with Crippen molar-refractivity contribution in [2.45, 2.75) is 117 Å². The molecule has 5 bridgehead atoms. The van der Waals surface area contributed by atoms with Crippen LogP contribution in [0.3, 0.4) is 0 Å². The van der Waals surface area contributed by atoms with Crippen molar-refractivity contribution in [1.82, 2.24) is 15.2 Å². The number of carbonyl (C=O) groups excluding carboxylic acids is 5. The Kier molecular flexibility index (Phi) is 14.5. The highest BCUT2D eigenvalue weighted by Crippen LogP contribution is 2.48. The van der Waals surface area contributed by atoms with Gasteiger partial charge in [0.25, 0.3) is 11.7 Å². The van der Waals surface area contributed by atoms with Crippen molar-refractivity contribution < 1.29 is 58.2 Å². The molecule has 6 aliphatic rings. The molecule has 0 spiro atoms. The lowest BCUT2D eigenvalue weighted by Crippen LogP contribution is -2.48. The average Bonchev–Trinajstić information content (AvgIpc) is 3.89. The van der Waals surface area contributed by atoms with E-state index < -0.39 is 106 Å². The smallest absolute Gasteiger partial charge is 0.312 e. The van der Waals surface area contributed by atoms with Crippen molar-refractivity contribution in [2.24, 2.45) is 28.8 Å². The Morgan fingerprint density at radius 3 is 2.22 bits per heavy atom. The Labute approximate surface area is 368 Å². The summed E-state index contributed by atoms with van der Waals surface area (Å²) in [7, 11) is 1.43. The lowest BCUT2D eigenvalue weighted by molar-refractivity contribution is -0.160. The predicted octanol–water partition coefficient (Wildman–Crippen LogP) is 4.55. The summed E-state index contributed by atoms with van der Waals surface area (Å²) < 4.78 is 23.6. The molecule has 4 N–H and O–H groups in total. The fraction of sp³-hybridized carbons (Fsp3) is 0.574. The molecule has 4 aliphatic heterocycles. The number of aliphatic hydroxyl groups is 2. The third-order valence-corrected chi connectivity index (χ3v) is 13.5. The monoisotopic (exact) mass is 874 g/mol. The number of rotatable bonds is 5. The molecule has 0 radical (unpaired) electrons. The number of benzene rings is 1. The van der Waals surface area contributed by atoms with E-state index in [1.165, 1.54) is 72.3 Å². The Hall–Kier alpha value is -5.16. The Morgan fingerprint density at radius 1 is 0.921 bits per heavy atom. The van der Waals surface area contributed by atoms with Gasteiger partial charge in [-0.2, -0.15) is 5.10 Å². The van der Waals surface area contributed by atoms with Crippen LogP contribution in [0.2, 0.25) is 0 Å². The number of aliphatic hydroxyl groups excluding tert-OH is 2. The van der Waals surface area contributed by atoms with Gasteiger partial charge >= 0.3 is 11.8 Å². The van der Waals surface area contributed by atoms with E-state index >= 15 is 0 Å². The number of esters is 1. The van der Waals surface area contributed by atoms with E-state index in [-0.39, 0.29) is 28.0 Å². The topological polar surface area (TPSA) is 214 Å². The zero-order chi connectivity index (χ0) is 46.1. The molecule has 1 amide bonds. The predicted molar refractivity (Wildman–Crippen MR) is 232 cm³/mol. The quantitative estimate of drug-likeness (QED) is 0.236. The highest BCUT2D eigenvalue weighted by atomic mass is 16.7. The van der Waals surface area contributed by atoms with Crippen molar-refractivity contribution in [1.29, 1.82) is 0 Å². The van der Waals surface area contributed by atoms with Gasteiger partial charge in [0, 0.05) is 88.0 Å². The summed E-state index contributed by atoms with van der Waals surface area (Å²) in [5.41, 5.74) is -1.74. The molecule has 1 aromatic carbocycles. The molecule has 342 valence electrons. The number of methoxy groups -OCH3 is 1. The molecule has 16 heteroatoms. The number of nitrogens with one attached hydrogen (secondary N) is 1. The zero-order valence-electron chi connectivity index (χ0n) is 37.7. The first-order chi connectivity index (χ1) is 29.8. The number of ether oxygens (including phenoxy) is 4. The molecule has 0 unspecified atom stereocenters. The van der Waals surface area contributed by atoms with Crippen molar-refractivity contribution in [2.75, 3.05) is 33.3 Å². The molecule has 9 atom stereocenters. The summed E-state index contributed by atoms with van der Waals surface area (Å²) in [6.07, 6.45) is 9.40. The second-order valence-corrected chi connectivity index (χ2v) is 17.8. The lowest BCUT2D eigenvalue weighted by atomic mass is 9.78. The molecule has 1 aromatic rings. The Balaban J connectivity index is 1.43. The number of hydrogen-bond acceptors (Lipinski definition) is 15. The summed E-state index contributed by atoms with van der Waals surface area (Å²) in [5, 5.41) is 43.5. The molecule has 4 heterocycles. The fourth-order valence-electron chi connectivity index (χ4n) is 9.44. The number of phenols is 1. The zero-order valence-corrected chi connectivity index (χ0v) is 37.7. The van der Waals surface area contributed by atoms with Gasteiger partial charge in [0.15, 0.2) is 5.78 Å². The van der Waals surface area contributed by atoms with Crippen molar-refractivity contribution in [3.05, 3.63) is 69.7 Å². The van der Waals surface area contributed by atoms with Gasteiger partial charge in [0.1, 0.15) is 23.3 Å². The van der Waals surface area contributed by atoms with Gasteiger partial charge in [-0.15, -0.1) is 0 Å². The highest BCUT2D eigenvalue weighted by molar-refractivity contribution is 6.37. The van der Waals surface area contributed by atoms with Crippen LogP contribution in [-0.4, -0.2) is 130 Å². The molecule has 2 fully saturated rings. The van der Waals surface area contributed by atoms with Gasteiger partial charge in [0.2, 0.25) is 5.78 Å². The average molecular weight is 875 g/mol. The maximum Gasteiger partial charge on any atom is 0.312 e. The lowest BCUT2D eigenvalue weighted by Gasteiger charge is -2.38. The number of amides is 1. The number of phenolic OH excluding ortho intramolecular Hbond substituents is 1. The standard InChI is InChI=1S/C47H62N4O12/c1-24-13-12-14-25(2)46(59)49-37-32(23-48-51-20-18-50(19-21-51)31-15-10-11-16-31)41(56)34-35(42(37)57)40(55)29(6)44-36(34)45(58)47(8,63-44)61-22-17-33(60-9)26(3)43(62-30(7)52)28(5)39(54)27(4)38(24)53/h12-14,17,22-24,26-28,31,33,38-39,43,53-55H,10-11,15-16,18-21H2,1-9H3,(H,49,59)/b13-12+,22-17+,25-14?,48-23+/t24-,26+,27+,28+,33-,38-,39+,43+,47-/m0/s1. The molecule has 7 rings (SSSR count). The van der Waals surface area contributed by atoms with Crippen LogP contribution in [0.15, 0.2) is 52.5 Å². The first-order valence-electron chi connectivity index (χ1n) is 21.9. The van der Waals surface area contributed by atoms with Crippen molar-refractivity contribution in [3.63, 3.8) is 0 Å². The largest absolute Gasteiger partial charge is 0.507 e. The number of carbonyl (C=O) groups is 5. The van der Waals surface area contributed by atoms with Crippen LogP contribution in [0, 0.1) is 30.6 Å². The third-order valence-electron chi connectivity index (χ3n) is 13.5. The van der Waals surface area contributed by atoms with Gasteiger partial charge in [0.05, 0.1) is 53.1 Å². The van der Waals surface area contributed by atoms with Crippen LogP contribution >= 0.6 is 0 Å². The second kappa shape index (κ2) is 19.3. The van der Waals surface area contributed by atoms with Crippen LogP contribution in [0.1, 0.15) is 111 Å². The number of hydrogen-bond donors (Lipinski definition) is 4. The van der Waals surface area contributed by atoms with Gasteiger partial charge in [-0.1, -0.05) is 58.8 Å². The molecule has 2 aliphatic carbocycles. The normalized spacial score (nSPS) is 32.7. The summed E-state index contributed by atoms with van der Waals surface area (Å²) in [6, 6.07) is 0.535. The molecule has 0 aromatic heterocycles. The SMILES string of the molecule is CO[C@H]1/C=C/O[C@@]2(C)Oc3c(C)c(O)c4c(c3C2=O)C(=O)C(/C=N/N2CCN(C3CCCC3)CC2)=C(NC(=O)C(C)=C/C=C/[C@H](C)[C@H](O)[C@@H](C)[C@@H](O)[C@@H](C)[C@H](OC(C)=O)[C@@H]1C)C4=O. The Bertz CT molecular complexity index is 2150. The van der Waals surface area contributed by atoms with Gasteiger partial charge in [-0.3, -0.25) is 33.9 Å². The molecule has 1 saturated heterocycles. The van der Waals surface area contributed by atoms with E-state index in [4.69, 9.17) is 18.9 Å². The molecule has 1 saturated carbocycles. The summed E-state index contributed by atoms with van der Waals surface area (Å²) in [4.78, 5) is 72.5. The second-order valence-electron chi connectivity index (χ2n) is 17.8. The minimum absolute atomic E-state index is 0.00471. The van der Waals surface area contributed by atoms with E-state index in [2.05, 4.69) is 15.3 Å². The first-order valence-corrected chi connectivity index (χ1v) is 21.9. The maximum absolute atomic E-state index is 14.8. The maximum atomic E-state index is 14.8. The van der Waals surface area contributed by atoms with Crippen LogP contribution in [0.25, 0.3) is 0 Å². The van der Waals surface area contributed by atoms with Crippen molar-refractivity contribution in [3.8, 4) is 11.5 Å². The van der Waals surface area contributed by atoms with Crippen LogP contribution in [0.4, 0.5) is 0 Å². The van der Waals surface area contributed by atoms with E-state index in [1.807, 2.05) is 0 Å². The number of hydrazone groups is 1. The number of ketones is 3. The van der Waals surface area contributed by atoms with Crippen molar-refractivity contribution >= 4 is 35.4 Å². The number of fused-ring (bicyclic) bond motifs is 14. The minimum atomic E-state index is -2.09. The number of aromatic hydroxyl groups is 1. The summed E-state index contributed by atoms with van der Waals surface area (Å²) in [6.45, 7) is 15.1. The third kappa shape index (κ3) is 9.40. The number of piperazine rings is 1. The molecular weight excluding hydrogens is 813 g/mol. The van der Waals surface area contributed by atoms with Crippen LogP contribution in [0.5, 0.6) is 11.5 Å². The molecule has 63 heavy (non-hydrogen) atoms. The van der Waals surface area contributed by atoms with Gasteiger partial charge in [-0.25, -0.2) is 0 Å². The van der Waals surface area contributed by atoms with E-state index in [0.29, 0.717) is 19.1 Å². The van der Waals surface area contributed by atoms with Gasteiger partial charge in [-0.05, 0) is 32.8 Å². The number of nitrogens with zero attached hydrogens (tertiary/aromatic N) is 3. The van der Waals surface area contributed by atoms with Crippen LogP contribution < -0.4 is 10.1 Å². The molecule has 16 nitrogen and oxygen atoms in total. The Morgan fingerprint density at radius 2 is 1.59 bits per heavy atom. The minimum Gasteiger partial charge on any atom is -0.507 e. The van der Waals surface area contributed by atoms with E-state index in [1.54, 1.807) is 44.9 Å². The van der Waals surface area contributed by atoms with E-state index in [0.717, 1.165) is 25.9 Å². The number of Topliss-reactive ketones (excluding diaryl/α,β-unsaturated/α-hetero) is 3. The number of allylic oxidation sites excluding steroid dienone is 4. The summed E-state index contributed by atoms with van der Waals surface area (Å²) in [5.74, 6) is -9.28. The fourth-order valence-corrected chi connectivity index (χ4v) is 9.44. The molecular formula is C47H62N4O12.